The summed E-state index contributed by atoms with van der Waals surface area (Å²) in [6.45, 7) is 0.706. The van der Waals surface area contributed by atoms with Crippen LogP contribution in [0, 0.1) is 0 Å². The van der Waals surface area contributed by atoms with E-state index in [1.807, 2.05) is 30.3 Å². The van der Waals surface area contributed by atoms with Gasteiger partial charge in [-0.1, -0.05) is 18.2 Å². The molecular formula is C20H21NO4. The van der Waals surface area contributed by atoms with Crippen LogP contribution >= 0.6 is 0 Å². The maximum Gasteiger partial charge on any atom is 0.251 e. The number of para-hydroxylation sites is 1. The fourth-order valence-electron chi connectivity index (χ4n) is 3.02. The third-order valence-corrected chi connectivity index (χ3v) is 4.26. The minimum atomic E-state index is -0.0429. The van der Waals surface area contributed by atoms with E-state index in [-0.39, 0.29) is 5.91 Å². The summed E-state index contributed by atoms with van der Waals surface area (Å²) in [7, 11) is 4.69. The zero-order valence-corrected chi connectivity index (χ0v) is 14.6. The summed E-state index contributed by atoms with van der Waals surface area (Å²) >= 11 is 0. The molecule has 0 N–H and O–H groups in total. The monoisotopic (exact) mass is 339 g/mol. The van der Waals surface area contributed by atoms with Crippen LogP contribution in [-0.4, -0.2) is 33.8 Å². The van der Waals surface area contributed by atoms with Crippen molar-refractivity contribution < 1.29 is 19.0 Å². The molecule has 1 aliphatic rings. The van der Waals surface area contributed by atoms with E-state index in [1.165, 1.54) is 5.56 Å². The van der Waals surface area contributed by atoms with Gasteiger partial charge in [-0.3, -0.25) is 4.79 Å². The third kappa shape index (κ3) is 3.31. The predicted molar refractivity (Wildman–Crippen MR) is 97.6 cm³/mol. The SMILES string of the molecule is COc1cc(C=CC(=O)N2CCc3ccccc32)cc(OC)c1OC. The Balaban J connectivity index is 1.84. The number of carbonyl (C=O) groups excluding carboxylic acids is 1. The average Bonchev–Trinajstić information content (AvgIpc) is 3.09. The zero-order chi connectivity index (χ0) is 17.8. The Labute approximate surface area is 147 Å². The molecule has 1 aliphatic heterocycles. The van der Waals surface area contributed by atoms with Crippen molar-refractivity contribution in [3.05, 3.63) is 53.6 Å². The lowest BCUT2D eigenvalue weighted by Crippen LogP contribution is -2.26. The average molecular weight is 339 g/mol. The Kier molecular flexibility index (Phi) is 4.93. The Morgan fingerprint density at radius 1 is 1.04 bits per heavy atom. The van der Waals surface area contributed by atoms with Crippen molar-refractivity contribution in [2.45, 2.75) is 6.42 Å². The predicted octanol–water partition coefficient (Wildman–Crippen LogP) is 3.31. The summed E-state index contributed by atoms with van der Waals surface area (Å²) in [5.41, 5.74) is 2.99. The molecule has 0 unspecified atom stereocenters. The van der Waals surface area contributed by atoms with Crippen LogP contribution in [0.15, 0.2) is 42.5 Å². The first-order valence-corrected chi connectivity index (χ1v) is 8.05. The van der Waals surface area contributed by atoms with Crippen molar-refractivity contribution in [3.8, 4) is 17.2 Å². The first-order chi connectivity index (χ1) is 12.2. The number of methoxy groups -OCH3 is 3. The van der Waals surface area contributed by atoms with Gasteiger partial charge in [0.25, 0.3) is 5.91 Å². The van der Waals surface area contributed by atoms with E-state index >= 15 is 0 Å². The minimum absolute atomic E-state index is 0.0429. The summed E-state index contributed by atoms with van der Waals surface area (Å²) in [5.74, 6) is 1.60. The number of carbonyl (C=O) groups is 1. The molecule has 0 saturated heterocycles. The zero-order valence-electron chi connectivity index (χ0n) is 14.6. The van der Waals surface area contributed by atoms with Crippen molar-refractivity contribution >= 4 is 17.7 Å². The van der Waals surface area contributed by atoms with Crippen molar-refractivity contribution in [3.63, 3.8) is 0 Å². The van der Waals surface area contributed by atoms with Crippen molar-refractivity contribution in [1.82, 2.24) is 0 Å². The first kappa shape index (κ1) is 16.9. The number of fused-ring (bicyclic) bond motifs is 1. The number of anilines is 1. The highest BCUT2D eigenvalue weighted by Crippen LogP contribution is 2.38. The van der Waals surface area contributed by atoms with Gasteiger partial charge in [0.05, 0.1) is 21.3 Å². The molecule has 5 nitrogen and oxygen atoms in total. The molecule has 130 valence electrons. The van der Waals surface area contributed by atoms with E-state index in [9.17, 15) is 4.79 Å². The van der Waals surface area contributed by atoms with Crippen LogP contribution in [0.1, 0.15) is 11.1 Å². The highest BCUT2D eigenvalue weighted by atomic mass is 16.5. The fourth-order valence-corrected chi connectivity index (χ4v) is 3.02. The molecule has 0 spiro atoms. The van der Waals surface area contributed by atoms with Crippen molar-refractivity contribution in [2.75, 3.05) is 32.8 Å². The number of rotatable bonds is 5. The van der Waals surface area contributed by atoms with Crippen LogP contribution < -0.4 is 19.1 Å². The molecule has 0 radical (unpaired) electrons. The Bertz CT molecular complexity index is 788. The van der Waals surface area contributed by atoms with E-state index in [2.05, 4.69) is 6.07 Å². The summed E-state index contributed by atoms with van der Waals surface area (Å²) in [4.78, 5) is 14.4. The summed E-state index contributed by atoms with van der Waals surface area (Å²) < 4.78 is 16.0. The summed E-state index contributed by atoms with van der Waals surface area (Å²) in [6.07, 6.45) is 4.22. The molecule has 2 aromatic carbocycles. The molecule has 5 heteroatoms. The molecule has 0 aromatic heterocycles. The topological polar surface area (TPSA) is 48.0 Å². The summed E-state index contributed by atoms with van der Waals surface area (Å²) in [5, 5.41) is 0. The van der Waals surface area contributed by atoms with Crippen LogP contribution in [0.25, 0.3) is 6.08 Å². The number of nitrogens with zero attached hydrogens (tertiary/aromatic N) is 1. The van der Waals surface area contributed by atoms with Gasteiger partial charge >= 0.3 is 0 Å². The third-order valence-electron chi connectivity index (χ3n) is 4.26. The van der Waals surface area contributed by atoms with Gasteiger partial charge in [-0.05, 0) is 41.8 Å². The quantitative estimate of drug-likeness (QED) is 0.784. The molecule has 3 rings (SSSR count). The first-order valence-electron chi connectivity index (χ1n) is 8.05. The van der Waals surface area contributed by atoms with Gasteiger partial charge in [-0.25, -0.2) is 0 Å². The molecule has 0 aliphatic carbocycles. The van der Waals surface area contributed by atoms with E-state index in [1.54, 1.807) is 38.4 Å². The second-order valence-electron chi connectivity index (χ2n) is 5.66. The van der Waals surface area contributed by atoms with Crippen LogP contribution in [0.2, 0.25) is 0 Å². The fraction of sp³-hybridized carbons (Fsp3) is 0.250. The van der Waals surface area contributed by atoms with Crippen LogP contribution in [0.4, 0.5) is 5.69 Å². The molecule has 1 heterocycles. The number of hydrogen-bond donors (Lipinski definition) is 0. The van der Waals surface area contributed by atoms with E-state index < -0.39 is 0 Å². The van der Waals surface area contributed by atoms with Gasteiger partial charge < -0.3 is 19.1 Å². The van der Waals surface area contributed by atoms with Crippen LogP contribution in [0.3, 0.4) is 0 Å². The van der Waals surface area contributed by atoms with Crippen LogP contribution in [0.5, 0.6) is 17.2 Å². The normalized spacial score (nSPS) is 13.0. The highest BCUT2D eigenvalue weighted by molar-refractivity contribution is 6.05. The van der Waals surface area contributed by atoms with Crippen molar-refractivity contribution in [1.29, 1.82) is 0 Å². The maximum atomic E-state index is 12.6. The van der Waals surface area contributed by atoms with Gasteiger partial charge in [-0.2, -0.15) is 0 Å². The molecular weight excluding hydrogens is 318 g/mol. The lowest BCUT2D eigenvalue weighted by molar-refractivity contribution is -0.114. The highest BCUT2D eigenvalue weighted by Gasteiger charge is 2.22. The Morgan fingerprint density at radius 3 is 2.36 bits per heavy atom. The largest absolute Gasteiger partial charge is 0.493 e. The number of hydrogen-bond acceptors (Lipinski definition) is 4. The number of ether oxygens (including phenoxy) is 3. The second kappa shape index (κ2) is 7.30. The Morgan fingerprint density at radius 2 is 1.72 bits per heavy atom. The number of benzene rings is 2. The molecule has 2 aromatic rings. The molecule has 0 saturated carbocycles. The molecule has 0 atom stereocenters. The summed E-state index contributed by atoms with van der Waals surface area (Å²) in [6, 6.07) is 11.6. The Hall–Kier alpha value is -2.95. The second-order valence-corrected chi connectivity index (χ2v) is 5.66. The van der Waals surface area contributed by atoms with Gasteiger partial charge in [0.1, 0.15) is 0 Å². The van der Waals surface area contributed by atoms with E-state index in [4.69, 9.17) is 14.2 Å². The van der Waals surface area contributed by atoms with E-state index in [0.29, 0.717) is 23.8 Å². The smallest absolute Gasteiger partial charge is 0.251 e. The molecule has 0 fully saturated rings. The molecule has 25 heavy (non-hydrogen) atoms. The minimum Gasteiger partial charge on any atom is -0.493 e. The lowest BCUT2D eigenvalue weighted by Gasteiger charge is -2.15. The van der Waals surface area contributed by atoms with E-state index in [0.717, 1.165) is 17.7 Å². The van der Waals surface area contributed by atoms with Gasteiger partial charge in [-0.15, -0.1) is 0 Å². The number of amides is 1. The molecule has 0 bridgehead atoms. The molecule has 1 amide bonds. The van der Waals surface area contributed by atoms with Gasteiger partial charge in [0.2, 0.25) is 5.75 Å². The van der Waals surface area contributed by atoms with Crippen molar-refractivity contribution in [2.24, 2.45) is 0 Å². The van der Waals surface area contributed by atoms with Crippen LogP contribution in [-0.2, 0) is 11.2 Å². The van der Waals surface area contributed by atoms with Gasteiger partial charge in [0, 0.05) is 18.3 Å². The lowest BCUT2D eigenvalue weighted by atomic mass is 10.1. The van der Waals surface area contributed by atoms with Gasteiger partial charge in [0.15, 0.2) is 11.5 Å². The standard InChI is InChI=1S/C20H21NO4/c1-23-17-12-14(13-18(24-2)20(17)25-3)8-9-19(22)21-11-10-15-6-4-5-7-16(15)21/h4-9,12-13H,10-11H2,1-3H3. The maximum absolute atomic E-state index is 12.6.